The van der Waals surface area contributed by atoms with Crippen molar-refractivity contribution in [2.75, 3.05) is 18.0 Å². The molecular formula is C23H28N8. The maximum Gasteiger partial charge on any atom is 0.255 e. The van der Waals surface area contributed by atoms with Gasteiger partial charge >= 0.3 is 0 Å². The summed E-state index contributed by atoms with van der Waals surface area (Å²) >= 11 is 0. The highest BCUT2D eigenvalue weighted by molar-refractivity contribution is 5.61. The summed E-state index contributed by atoms with van der Waals surface area (Å²) in [5, 5.41) is 8.53. The van der Waals surface area contributed by atoms with Gasteiger partial charge in [0, 0.05) is 49.1 Å². The largest absolute Gasteiger partial charge is 0.372 e. The topological polar surface area (TPSA) is 77.5 Å². The quantitative estimate of drug-likeness (QED) is 0.383. The highest BCUT2D eigenvalue weighted by Crippen LogP contribution is 2.23. The minimum Gasteiger partial charge on any atom is -0.372 e. The number of hydrogen-bond acceptors (Lipinski definition) is 6. The van der Waals surface area contributed by atoms with Crippen LogP contribution in [0.5, 0.6) is 0 Å². The molecule has 0 spiro atoms. The van der Waals surface area contributed by atoms with Gasteiger partial charge < -0.3 is 4.90 Å². The van der Waals surface area contributed by atoms with Gasteiger partial charge in [-0.1, -0.05) is 26.7 Å². The predicted molar refractivity (Wildman–Crippen MR) is 122 cm³/mol. The van der Waals surface area contributed by atoms with Crippen molar-refractivity contribution >= 4 is 5.69 Å². The molecule has 0 aliphatic carbocycles. The van der Waals surface area contributed by atoms with Crippen LogP contribution in [-0.2, 0) is 0 Å². The lowest BCUT2D eigenvalue weighted by Gasteiger charge is -2.24. The van der Waals surface area contributed by atoms with Crippen molar-refractivity contribution in [1.82, 2.24) is 34.5 Å². The molecule has 3 heterocycles. The van der Waals surface area contributed by atoms with Crippen LogP contribution in [0.2, 0.25) is 0 Å². The number of anilines is 1. The second-order valence-corrected chi connectivity index (χ2v) is 7.40. The molecule has 0 saturated carbocycles. The second kappa shape index (κ2) is 9.97. The third kappa shape index (κ3) is 4.96. The van der Waals surface area contributed by atoms with Gasteiger partial charge in [0.2, 0.25) is 0 Å². The number of nitrogens with zero attached hydrogens (tertiary/aromatic N) is 8. The zero-order valence-electron chi connectivity index (χ0n) is 18.1. The molecule has 0 saturated heterocycles. The molecule has 0 bridgehead atoms. The van der Waals surface area contributed by atoms with E-state index < -0.39 is 0 Å². The lowest BCUT2D eigenvalue weighted by molar-refractivity contribution is 0.678. The van der Waals surface area contributed by atoms with E-state index in [1.165, 1.54) is 31.4 Å². The predicted octanol–water partition coefficient (Wildman–Crippen LogP) is 4.32. The number of rotatable bonds is 10. The van der Waals surface area contributed by atoms with Gasteiger partial charge in [0.05, 0.1) is 0 Å². The molecule has 31 heavy (non-hydrogen) atoms. The summed E-state index contributed by atoms with van der Waals surface area (Å²) in [6.07, 6.45) is 11.8. The summed E-state index contributed by atoms with van der Waals surface area (Å²) in [5.41, 5.74) is 2.17. The SMILES string of the molecule is CCCCN(CCCC)c1ccc(-c2nc(-n3cccn3)nc(-n3cccn3)n2)cc1. The summed E-state index contributed by atoms with van der Waals surface area (Å²) in [4.78, 5) is 16.3. The Balaban J connectivity index is 1.67. The third-order valence-corrected chi connectivity index (χ3v) is 5.08. The Morgan fingerprint density at radius 1 is 0.742 bits per heavy atom. The Kier molecular flexibility index (Phi) is 6.66. The van der Waals surface area contributed by atoms with E-state index in [-0.39, 0.29) is 0 Å². The molecule has 0 radical (unpaired) electrons. The van der Waals surface area contributed by atoms with Crippen LogP contribution in [0.15, 0.2) is 61.2 Å². The van der Waals surface area contributed by atoms with Gasteiger partial charge in [-0.2, -0.15) is 25.1 Å². The average molecular weight is 417 g/mol. The molecule has 8 nitrogen and oxygen atoms in total. The minimum atomic E-state index is 0.456. The van der Waals surface area contributed by atoms with Crippen LogP contribution in [0.4, 0.5) is 5.69 Å². The van der Waals surface area contributed by atoms with E-state index in [1.807, 2.05) is 24.5 Å². The maximum absolute atomic E-state index is 4.65. The molecule has 4 aromatic rings. The van der Waals surface area contributed by atoms with Crippen molar-refractivity contribution in [1.29, 1.82) is 0 Å². The van der Waals surface area contributed by atoms with E-state index in [1.54, 1.807) is 21.8 Å². The first-order valence-electron chi connectivity index (χ1n) is 10.9. The number of hydrogen-bond donors (Lipinski definition) is 0. The summed E-state index contributed by atoms with van der Waals surface area (Å²) in [6, 6.07) is 12.2. The molecule has 0 amide bonds. The number of aromatic nitrogens is 7. The van der Waals surface area contributed by atoms with Gasteiger partial charge in [0.15, 0.2) is 5.82 Å². The molecule has 0 atom stereocenters. The first-order chi connectivity index (χ1) is 15.3. The molecule has 0 aliphatic rings. The van der Waals surface area contributed by atoms with Gasteiger partial charge in [0.25, 0.3) is 11.9 Å². The van der Waals surface area contributed by atoms with Gasteiger partial charge in [0.1, 0.15) is 0 Å². The van der Waals surface area contributed by atoms with Crippen LogP contribution in [0.25, 0.3) is 23.3 Å². The Labute approximate surface area is 182 Å². The normalized spacial score (nSPS) is 11.0. The van der Waals surface area contributed by atoms with Crippen LogP contribution in [0.3, 0.4) is 0 Å². The standard InChI is InChI=1S/C23H28N8/c1-3-5-15-29(16-6-4-2)20-11-9-19(10-12-20)21-26-22(30-17-7-13-24-30)28-23(27-21)31-18-8-14-25-31/h7-14,17-18H,3-6,15-16H2,1-2H3. The molecule has 0 unspecified atom stereocenters. The van der Waals surface area contributed by atoms with Crippen LogP contribution < -0.4 is 4.90 Å². The third-order valence-electron chi connectivity index (χ3n) is 5.08. The Morgan fingerprint density at radius 3 is 1.74 bits per heavy atom. The number of unbranched alkanes of at least 4 members (excludes halogenated alkanes) is 2. The average Bonchev–Trinajstić information content (AvgIpc) is 3.54. The summed E-state index contributed by atoms with van der Waals surface area (Å²) in [5.74, 6) is 1.50. The van der Waals surface area contributed by atoms with E-state index >= 15 is 0 Å². The molecule has 160 valence electrons. The van der Waals surface area contributed by atoms with E-state index in [0.29, 0.717) is 17.7 Å². The first-order valence-corrected chi connectivity index (χ1v) is 10.9. The van der Waals surface area contributed by atoms with E-state index in [2.05, 4.69) is 68.2 Å². The molecular weight excluding hydrogens is 388 g/mol. The van der Waals surface area contributed by atoms with Gasteiger partial charge in [-0.25, -0.2) is 9.36 Å². The van der Waals surface area contributed by atoms with Crippen LogP contribution in [0.1, 0.15) is 39.5 Å². The molecule has 0 aliphatic heterocycles. The minimum absolute atomic E-state index is 0.456. The van der Waals surface area contributed by atoms with Crippen molar-refractivity contribution in [3.05, 3.63) is 61.2 Å². The summed E-state index contributed by atoms with van der Waals surface area (Å²) < 4.78 is 3.26. The fraction of sp³-hybridized carbons (Fsp3) is 0.348. The van der Waals surface area contributed by atoms with Crippen molar-refractivity contribution < 1.29 is 0 Å². The van der Waals surface area contributed by atoms with Gasteiger partial charge in [-0.3, -0.25) is 0 Å². The fourth-order valence-electron chi connectivity index (χ4n) is 3.35. The summed E-state index contributed by atoms with van der Waals surface area (Å²) in [7, 11) is 0. The van der Waals surface area contributed by atoms with Crippen molar-refractivity contribution in [2.45, 2.75) is 39.5 Å². The zero-order chi connectivity index (χ0) is 21.5. The first kappa shape index (κ1) is 20.7. The van der Waals surface area contributed by atoms with Gasteiger partial charge in [-0.15, -0.1) is 0 Å². The van der Waals surface area contributed by atoms with E-state index in [0.717, 1.165) is 18.7 Å². The monoisotopic (exact) mass is 416 g/mol. The lowest BCUT2D eigenvalue weighted by Crippen LogP contribution is -2.25. The molecule has 0 fully saturated rings. The van der Waals surface area contributed by atoms with Gasteiger partial charge in [-0.05, 0) is 49.2 Å². The molecule has 0 N–H and O–H groups in total. The smallest absolute Gasteiger partial charge is 0.255 e. The fourth-order valence-corrected chi connectivity index (χ4v) is 3.35. The second-order valence-electron chi connectivity index (χ2n) is 7.40. The van der Waals surface area contributed by atoms with Crippen LogP contribution in [-0.4, -0.2) is 47.6 Å². The molecule has 8 heteroatoms. The lowest BCUT2D eigenvalue weighted by atomic mass is 10.1. The van der Waals surface area contributed by atoms with Crippen LogP contribution >= 0.6 is 0 Å². The van der Waals surface area contributed by atoms with Crippen molar-refractivity contribution in [2.24, 2.45) is 0 Å². The summed E-state index contributed by atoms with van der Waals surface area (Å²) in [6.45, 7) is 6.62. The Morgan fingerprint density at radius 2 is 1.29 bits per heavy atom. The zero-order valence-corrected chi connectivity index (χ0v) is 18.1. The highest BCUT2D eigenvalue weighted by atomic mass is 15.4. The van der Waals surface area contributed by atoms with E-state index in [4.69, 9.17) is 0 Å². The Hall–Kier alpha value is -3.55. The van der Waals surface area contributed by atoms with E-state index in [9.17, 15) is 0 Å². The van der Waals surface area contributed by atoms with Crippen molar-refractivity contribution in [3.63, 3.8) is 0 Å². The Bertz CT molecular complexity index is 995. The molecule has 4 rings (SSSR count). The maximum atomic E-state index is 4.65. The molecule has 1 aromatic carbocycles. The molecule has 3 aromatic heterocycles. The van der Waals surface area contributed by atoms with Crippen LogP contribution in [0, 0.1) is 0 Å². The number of benzene rings is 1. The highest BCUT2D eigenvalue weighted by Gasteiger charge is 2.13. The van der Waals surface area contributed by atoms with Crippen molar-refractivity contribution in [3.8, 4) is 23.3 Å².